The summed E-state index contributed by atoms with van der Waals surface area (Å²) in [6.45, 7) is 4.65. The van der Waals surface area contributed by atoms with Crippen molar-refractivity contribution >= 4 is 15.7 Å². The highest BCUT2D eigenvalue weighted by Crippen LogP contribution is 2.43. The van der Waals surface area contributed by atoms with Crippen molar-refractivity contribution in [3.05, 3.63) is 53.1 Å². The molecule has 2 aromatic rings. The fraction of sp³-hybridized carbons (Fsp3) is 0.556. The van der Waals surface area contributed by atoms with E-state index in [4.69, 9.17) is 9.47 Å². The summed E-state index contributed by atoms with van der Waals surface area (Å²) in [7, 11) is -3.78. The summed E-state index contributed by atoms with van der Waals surface area (Å²) < 4.78 is 41.2. The lowest BCUT2D eigenvalue weighted by Gasteiger charge is -2.27. The lowest BCUT2D eigenvalue weighted by molar-refractivity contribution is 0.0491. The van der Waals surface area contributed by atoms with Crippen LogP contribution < -0.4 is 9.04 Å². The molecule has 5 rings (SSSR count). The van der Waals surface area contributed by atoms with Crippen LogP contribution in [0.2, 0.25) is 0 Å². The first-order valence-corrected chi connectivity index (χ1v) is 14.1. The summed E-state index contributed by atoms with van der Waals surface area (Å²) in [6, 6.07) is 11.3. The molecule has 7 heteroatoms. The number of fused-ring (bicyclic) bond motifs is 1. The van der Waals surface area contributed by atoms with Crippen LogP contribution in [0.4, 0.5) is 5.69 Å². The second-order valence-electron chi connectivity index (χ2n) is 9.87. The highest BCUT2D eigenvalue weighted by atomic mass is 32.2. The number of rotatable bonds is 9. The zero-order valence-corrected chi connectivity index (χ0v) is 20.7. The van der Waals surface area contributed by atoms with Gasteiger partial charge in [0.2, 0.25) is 0 Å². The van der Waals surface area contributed by atoms with Gasteiger partial charge in [-0.3, -0.25) is 4.31 Å². The first-order chi connectivity index (χ1) is 16.5. The standard InChI is InChI=1S/C27H35NO5S/c1-2-19-5-7-22(8-6-19)28(17-20-3-4-20)34(30,31)26-12-11-25(27-23(26)9-10-24(27)29)33-18-21-13-15-32-16-14-21/h5-8,11-12,20-21,24,29H,2-4,9-10,13-18H2,1H3. The van der Waals surface area contributed by atoms with Crippen molar-refractivity contribution in [2.24, 2.45) is 11.8 Å². The third kappa shape index (κ3) is 4.83. The Hall–Kier alpha value is -2.09. The van der Waals surface area contributed by atoms with Gasteiger partial charge in [-0.25, -0.2) is 8.42 Å². The topological polar surface area (TPSA) is 76.1 Å². The van der Waals surface area contributed by atoms with E-state index in [0.717, 1.165) is 45.3 Å². The van der Waals surface area contributed by atoms with Gasteiger partial charge in [-0.1, -0.05) is 19.1 Å². The summed E-state index contributed by atoms with van der Waals surface area (Å²) in [6.07, 6.45) is 5.32. The maximum Gasteiger partial charge on any atom is 0.264 e. The molecule has 1 unspecified atom stereocenters. The molecule has 1 saturated carbocycles. The Balaban J connectivity index is 1.46. The molecule has 34 heavy (non-hydrogen) atoms. The molecule has 1 aliphatic heterocycles. The third-order valence-corrected chi connectivity index (χ3v) is 9.29. The SMILES string of the molecule is CCc1ccc(N(CC2CC2)S(=O)(=O)c2ccc(OCC3CCOCC3)c3c2CCC3O)cc1. The van der Waals surface area contributed by atoms with Gasteiger partial charge >= 0.3 is 0 Å². The number of anilines is 1. The molecule has 2 aliphatic carbocycles. The summed E-state index contributed by atoms with van der Waals surface area (Å²) in [5.74, 6) is 1.44. The van der Waals surface area contributed by atoms with Crippen LogP contribution in [0.1, 0.15) is 61.8 Å². The van der Waals surface area contributed by atoms with Crippen molar-refractivity contribution in [1.29, 1.82) is 0 Å². The second-order valence-corrected chi connectivity index (χ2v) is 11.7. The highest BCUT2D eigenvalue weighted by molar-refractivity contribution is 7.92. The van der Waals surface area contributed by atoms with E-state index in [0.29, 0.717) is 65.3 Å². The Kier molecular flexibility index (Phi) is 6.87. The Morgan fingerprint density at radius 3 is 2.41 bits per heavy atom. The summed E-state index contributed by atoms with van der Waals surface area (Å²) in [5, 5.41) is 10.7. The fourth-order valence-electron chi connectivity index (χ4n) is 5.05. The maximum atomic E-state index is 14.0. The monoisotopic (exact) mass is 485 g/mol. The average molecular weight is 486 g/mol. The van der Waals surface area contributed by atoms with Gasteiger partial charge < -0.3 is 14.6 Å². The minimum Gasteiger partial charge on any atom is -0.493 e. The molecule has 0 spiro atoms. The minimum atomic E-state index is -3.78. The second kappa shape index (κ2) is 9.88. The van der Waals surface area contributed by atoms with Crippen molar-refractivity contribution in [2.75, 3.05) is 30.7 Å². The molecule has 1 atom stereocenters. The van der Waals surface area contributed by atoms with E-state index in [1.54, 1.807) is 16.4 Å². The van der Waals surface area contributed by atoms with Crippen LogP contribution in [0, 0.1) is 11.8 Å². The third-order valence-electron chi connectivity index (χ3n) is 7.41. The van der Waals surface area contributed by atoms with Crippen LogP contribution >= 0.6 is 0 Å². The van der Waals surface area contributed by atoms with Crippen LogP contribution in [0.3, 0.4) is 0 Å². The number of hydrogen-bond donors (Lipinski definition) is 1. The molecule has 3 aliphatic rings. The number of aliphatic hydroxyl groups excluding tert-OH is 1. The molecule has 0 amide bonds. The van der Waals surface area contributed by atoms with Crippen LogP contribution in [0.5, 0.6) is 5.75 Å². The average Bonchev–Trinajstić information content (AvgIpc) is 3.61. The molecular weight excluding hydrogens is 450 g/mol. The molecule has 0 bridgehead atoms. The Morgan fingerprint density at radius 1 is 1.00 bits per heavy atom. The van der Waals surface area contributed by atoms with E-state index in [-0.39, 0.29) is 0 Å². The molecule has 1 saturated heterocycles. The Bertz CT molecular complexity index is 1100. The van der Waals surface area contributed by atoms with Gasteiger partial charge in [-0.05, 0) is 92.2 Å². The van der Waals surface area contributed by atoms with Gasteiger partial charge in [0.05, 0.1) is 23.3 Å². The van der Waals surface area contributed by atoms with Crippen molar-refractivity contribution in [2.45, 2.75) is 62.9 Å². The minimum absolute atomic E-state index is 0.303. The maximum absolute atomic E-state index is 14.0. The van der Waals surface area contributed by atoms with E-state index in [1.165, 1.54) is 5.56 Å². The molecule has 1 heterocycles. The molecule has 0 radical (unpaired) electrons. The van der Waals surface area contributed by atoms with Crippen LogP contribution in [0.15, 0.2) is 41.3 Å². The Labute approximate surface area is 202 Å². The molecule has 6 nitrogen and oxygen atoms in total. The first kappa shape index (κ1) is 23.6. The highest BCUT2D eigenvalue weighted by Gasteiger charge is 2.37. The van der Waals surface area contributed by atoms with Gasteiger partial charge in [0.1, 0.15) is 5.75 Å². The summed E-state index contributed by atoms with van der Waals surface area (Å²) in [4.78, 5) is 0.303. The summed E-state index contributed by atoms with van der Waals surface area (Å²) in [5.41, 5.74) is 3.25. The smallest absolute Gasteiger partial charge is 0.264 e. The van der Waals surface area contributed by atoms with E-state index >= 15 is 0 Å². The van der Waals surface area contributed by atoms with E-state index < -0.39 is 16.1 Å². The quantitative estimate of drug-likeness (QED) is 0.560. The number of aliphatic hydroxyl groups is 1. The lowest BCUT2D eigenvalue weighted by atomic mass is 10.0. The number of aryl methyl sites for hydroxylation is 1. The predicted molar refractivity (Wildman–Crippen MR) is 132 cm³/mol. The normalized spacial score (nSPS) is 20.8. The van der Waals surface area contributed by atoms with Gasteiger partial charge in [-0.15, -0.1) is 0 Å². The zero-order chi connectivity index (χ0) is 23.7. The van der Waals surface area contributed by atoms with Gasteiger partial charge in [0, 0.05) is 25.3 Å². The molecular formula is C27H35NO5S. The number of benzene rings is 2. The van der Waals surface area contributed by atoms with Crippen LogP contribution in [0.25, 0.3) is 0 Å². The summed E-state index contributed by atoms with van der Waals surface area (Å²) >= 11 is 0. The number of sulfonamides is 1. The first-order valence-electron chi connectivity index (χ1n) is 12.6. The molecule has 2 aromatic carbocycles. The van der Waals surface area contributed by atoms with Gasteiger partial charge in [-0.2, -0.15) is 0 Å². The molecule has 0 aromatic heterocycles. The molecule has 1 N–H and O–H groups in total. The number of ether oxygens (including phenoxy) is 2. The molecule has 184 valence electrons. The van der Waals surface area contributed by atoms with E-state index in [1.807, 2.05) is 24.3 Å². The largest absolute Gasteiger partial charge is 0.493 e. The van der Waals surface area contributed by atoms with Gasteiger partial charge in [0.25, 0.3) is 10.0 Å². The van der Waals surface area contributed by atoms with Crippen molar-refractivity contribution in [1.82, 2.24) is 0 Å². The lowest BCUT2D eigenvalue weighted by Crippen LogP contribution is -2.33. The molecule has 2 fully saturated rings. The van der Waals surface area contributed by atoms with E-state index in [9.17, 15) is 13.5 Å². The van der Waals surface area contributed by atoms with E-state index in [2.05, 4.69) is 6.92 Å². The van der Waals surface area contributed by atoms with Crippen molar-refractivity contribution < 1.29 is 23.0 Å². The van der Waals surface area contributed by atoms with Crippen molar-refractivity contribution in [3.63, 3.8) is 0 Å². The van der Waals surface area contributed by atoms with Crippen LogP contribution in [-0.4, -0.2) is 39.9 Å². The predicted octanol–water partition coefficient (Wildman–Crippen LogP) is 4.64. The van der Waals surface area contributed by atoms with Crippen molar-refractivity contribution in [3.8, 4) is 5.75 Å². The number of nitrogens with zero attached hydrogens (tertiary/aromatic N) is 1. The van der Waals surface area contributed by atoms with Crippen LogP contribution in [-0.2, 0) is 27.6 Å². The fourth-order valence-corrected chi connectivity index (χ4v) is 6.86. The Morgan fingerprint density at radius 2 is 1.74 bits per heavy atom. The van der Waals surface area contributed by atoms with Gasteiger partial charge in [0.15, 0.2) is 0 Å². The zero-order valence-electron chi connectivity index (χ0n) is 19.9. The number of hydrogen-bond acceptors (Lipinski definition) is 5.